The zero-order chi connectivity index (χ0) is 23.6. The summed E-state index contributed by atoms with van der Waals surface area (Å²) in [6.45, 7) is 4.85. The molecule has 7 nitrogen and oxygen atoms in total. The third-order valence-corrected chi connectivity index (χ3v) is 6.46. The highest BCUT2D eigenvalue weighted by molar-refractivity contribution is 6.33. The van der Waals surface area contributed by atoms with Crippen molar-refractivity contribution in [2.45, 2.75) is 19.0 Å². The predicted molar refractivity (Wildman–Crippen MR) is 122 cm³/mol. The van der Waals surface area contributed by atoms with E-state index in [9.17, 15) is 18.0 Å². The molecule has 1 amide bonds. The first kappa shape index (κ1) is 23.6. The lowest BCUT2D eigenvalue weighted by atomic mass is 9.96. The van der Waals surface area contributed by atoms with Crippen molar-refractivity contribution in [2.24, 2.45) is 5.92 Å². The molecule has 0 atom stereocenters. The third-order valence-electron chi connectivity index (χ3n) is 6.18. The lowest BCUT2D eigenvalue weighted by Gasteiger charge is -2.34. The number of carbonyl (C=O) groups excluding carboxylic acids is 1. The molecule has 2 saturated heterocycles. The molecule has 11 heteroatoms. The van der Waals surface area contributed by atoms with Gasteiger partial charge in [-0.15, -0.1) is 0 Å². The van der Waals surface area contributed by atoms with Gasteiger partial charge in [-0.3, -0.25) is 4.79 Å². The zero-order valence-corrected chi connectivity index (χ0v) is 19.0. The Hall–Kier alpha value is -2.59. The highest BCUT2D eigenvalue weighted by Gasteiger charge is 2.33. The normalized spacial score (nSPS) is 18.5. The zero-order valence-electron chi connectivity index (χ0n) is 18.3. The van der Waals surface area contributed by atoms with Crippen LogP contribution >= 0.6 is 11.6 Å². The molecule has 33 heavy (non-hydrogen) atoms. The first-order valence-electron chi connectivity index (χ1n) is 10.9. The van der Waals surface area contributed by atoms with Crippen molar-refractivity contribution in [1.29, 1.82) is 0 Å². The van der Waals surface area contributed by atoms with Crippen LogP contribution in [-0.4, -0.2) is 67.1 Å². The number of halogens is 4. The number of nitrogens with one attached hydrogen (secondary N) is 1. The summed E-state index contributed by atoms with van der Waals surface area (Å²) in [5.74, 6) is 0.493. The van der Waals surface area contributed by atoms with Gasteiger partial charge in [0.25, 0.3) is 0 Å². The molecule has 1 N–H and O–H groups in total. The van der Waals surface area contributed by atoms with Gasteiger partial charge in [0.1, 0.15) is 11.6 Å². The molecule has 4 heterocycles. The Balaban J connectivity index is 1.30. The van der Waals surface area contributed by atoms with Crippen molar-refractivity contribution in [3.63, 3.8) is 0 Å². The van der Waals surface area contributed by atoms with Crippen LogP contribution in [0.25, 0.3) is 0 Å². The van der Waals surface area contributed by atoms with Gasteiger partial charge in [-0.05, 0) is 38.1 Å². The molecule has 0 unspecified atom stereocenters. The fourth-order valence-electron chi connectivity index (χ4n) is 4.11. The van der Waals surface area contributed by atoms with Crippen molar-refractivity contribution >= 4 is 34.8 Å². The monoisotopic (exact) mass is 482 g/mol. The number of hydrogen-bond donors (Lipinski definition) is 1. The topological polar surface area (TPSA) is 64.6 Å². The van der Waals surface area contributed by atoms with Gasteiger partial charge in [0.15, 0.2) is 0 Å². The largest absolute Gasteiger partial charge is 0.417 e. The van der Waals surface area contributed by atoms with E-state index in [-0.39, 0.29) is 16.8 Å². The minimum absolute atomic E-state index is 0.0441. The number of piperazine rings is 1. The van der Waals surface area contributed by atoms with E-state index in [0.29, 0.717) is 37.6 Å². The Labute approximate surface area is 195 Å². The van der Waals surface area contributed by atoms with Crippen LogP contribution < -0.4 is 15.1 Å². The van der Waals surface area contributed by atoms with Gasteiger partial charge in [0.2, 0.25) is 5.91 Å². The summed E-state index contributed by atoms with van der Waals surface area (Å²) in [5.41, 5.74) is 0.159. The summed E-state index contributed by atoms with van der Waals surface area (Å²) in [4.78, 5) is 27.4. The number of hydrogen-bond acceptors (Lipinski definition) is 6. The quantitative estimate of drug-likeness (QED) is 0.716. The molecule has 0 spiro atoms. The molecule has 2 aromatic rings. The van der Waals surface area contributed by atoms with Crippen molar-refractivity contribution in [1.82, 2.24) is 14.9 Å². The van der Waals surface area contributed by atoms with Crippen LogP contribution in [0.4, 0.5) is 30.5 Å². The lowest BCUT2D eigenvalue weighted by molar-refractivity contribution is -0.137. The van der Waals surface area contributed by atoms with Gasteiger partial charge >= 0.3 is 6.18 Å². The van der Waals surface area contributed by atoms with Crippen LogP contribution in [0, 0.1) is 5.92 Å². The van der Waals surface area contributed by atoms with Crippen molar-refractivity contribution in [2.75, 3.05) is 61.4 Å². The molecule has 2 fully saturated rings. The lowest BCUT2D eigenvalue weighted by Crippen LogP contribution is -2.44. The summed E-state index contributed by atoms with van der Waals surface area (Å²) < 4.78 is 38.5. The number of carbonyl (C=O) groups is 1. The number of likely N-dealkylation sites (N-methyl/N-ethyl adjacent to an activating group) is 1. The molecule has 0 aliphatic carbocycles. The molecule has 0 saturated carbocycles. The summed E-state index contributed by atoms with van der Waals surface area (Å²) in [6.07, 6.45) is -0.829. The van der Waals surface area contributed by atoms with E-state index in [4.69, 9.17) is 11.6 Å². The van der Waals surface area contributed by atoms with Gasteiger partial charge in [0, 0.05) is 51.4 Å². The molecule has 4 rings (SSSR count). The van der Waals surface area contributed by atoms with E-state index in [1.807, 2.05) is 17.0 Å². The predicted octanol–water partition coefficient (Wildman–Crippen LogP) is 3.76. The highest BCUT2D eigenvalue weighted by atomic mass is 35.5. The number of anilines is 3. The van der Waals surface area contributed by atoms with E-state index < -0.39 is 11.7 Å². The molecular formula is C22H26ClF3N6O. The second-order valence-electron chi connectivity index (χ2n) is 8.47. The number of piperidine rings is 1. The number of alkyl halides is 3. The fraction of sp³-hybridized carbons (Fsp3) is 0.500. The number of aromatic nitrogens is 2. The van der Waals surface area contributed by atoms with E-state index in [1.54, 1.807) is 6.20 Å². The number of rotatable bonds is 4. The summed E-state index contributed by atoms with van der Waals surface area (Å²) >= 11 is 6.05. The first-order chi connectivity index (χ1) is 15.7. The van der Waals surface area contributed by atoms with Gasteiger partial charge in [-0.25, -0.2) is 9.97 Å². The SMILES string of the molecule is CN1CCN(c2ccc(NC(=O)C3CCN(c4ncc(C(F)(F)F)cc4Cl)CC3)nc2)CC1. The van der Waals surface area contributed by atoms with Crippen molar-refractivity contribution < 1.29 is 18.0 Å². The molecule has 0 radical (unpaired) electrons. The van der Waals surface area contributed by atoms with Gasteiger partial charge in [-0.2, -0.15) is 13.2 Å². The Morgan fingerprint density at radius 1 is 1.03 bits per heavy atom. The van der Waals surface area contributed by atoms with Crippen LogP contribution in [0.1, 0.15) is 18.4 Å². The van der Waals surface area contributed by atoms with Gasteiger partial charge in [0.05, 0.1) is 22.5 Å². The number of pyridine rings is 2. The van der Waals surface area contributed by atoms with Crippen LogP contribution in [0.5, 0.6) is 0 Å². The second-order valence-corrected chi connectivity index (χ2v) is 8.88. The van der Waals surface area contributed by atoms with E-state index in [1.165, 1.54) is 0 Å². The van der Waals surface area contributed by atoms with Crippen LogP contribution in [-0.2, 0) is 11.0 Å². The molecule has 0 aromatic carbocycles. The molecule has 2 aliphatic rings. The maximum Gasteiger partial charge on any atom is 0.417 e. The molecule has 178 valence electrons. The Morgan fingerprint density at radius 2 is 1.73 bits per heavy atom. The molecule has 2 aromatic heterocycles. The Bertz CT molecular complexity index is 971. The van der Waals surface area contributed by atoms with Crippen LogP contribution in [0.15, 0.2) is 30.6 Å². The molecule has 2 aliphatic heterocycles. The smallest absolute Gasteiger partial charge is 0.368 e. The summed E-state index contributed by atoms with van der Waals surface area (Å²) in [7, 11) is 2.10. The average molecular weight is 483 g/mol. The highest BCUT2D eigenvalue weighted by Crippen LogP contribution is 2.34. The minimum Gasteiger partial charge on any atom is -0.368 e. The van der Waals surface area contributed by atoms with Gasteiger partial charge < -0.3 is 20.0 Å². The minimum atomic E-state index is -4.49. The third kappa shape index (κ3) is 5.67. The van der Waals surface area contributed by atoms with Crippen LogP contribution in [0.3, 0.4) is 0 Å². The number of amides is 1. The van der Waals surface area contributed by atoms with Crippen molar-refractivity contribution in [3.8, 4) is 0 Å². The Morgan fingerprint density at radius 3 is 2.30 bits per heavy atom. The standard InChI is InChI=1S/C22H26ClF3N6O/c1-30-8-10-31(11-9-30)17-2-3-19(27-14-17)29-21(33)15-4-6-32(7-5-15)20-18(23)12-16(13-28-20)22(24,25)26/h2-3,12-15H,4-11H2,1H3,(H,27,29,33). The molecular weight excluding hydrogens is 457 g/mol. The maximum atomic E-state index is 12.8. The van der Waals surface area contributed by atoms with E-state index in [0.717, 1.165) is 44.1 Å². The maximum absolute atomic E-state index is 12.8. The van der Waals surface area contributed by atoms with E-state index >= 15 is 0 Å². The van der Waals surface area contributed by atoms with Crippen molar-refractivity contribution in [3.05, 3.63) is 41.2 Å². The first-order valence-corrected chi connectivity index (χ1v) is 11.3. The summed E-state index contributed by atoms with van der Waals surface area (Å²) in [6, 6.07) is 4.67. The van der Waals surface area contributed by atoms with Crippen LogP contribution in [0.2, 0.25) is 5.02 Å². The van der Waals surface area contributed by atoms with E-state index in [2.05, 4.69) is 32.1 Å². The second kappa shape index (κ2) is 9.72. The fourth-order valence-corrected chi connectivity index (χ4v) is 4.40. The average Bonchev–Trinajstić information content (AvgIpc) is 2.80. The summed E-state index contributed by atoms with van der Waals surface area (Å²) in [5, 5.41) is 2.83. The molecule has 0 bridgehead atoms. The number of nitrogens with zero attached hydrogens (tertiary/aromatic N) is 5. The van der Waals surface area contributed by atoms with Gasteiger partial charge in [-0.1, -0.05) is 11.6 Å². The Kier molecular flexibility index (Phi) is 6.94.